The monoisotopic (exact) mass is 332 g/mol. The van der Waals surface area contributed by atoms with Gasteiger partial charge in [-0.2, -0.15) is 5.10 Å². The van der Waals surface area contributed by atoms with Crippen LogP contribution in [0, 0.1) is 3.57 Å². The Balaban J connectivity index is 2.11. The third-order valence-corrected chi connectivity index (χ3v) is 2.49. The molecule has 0 aliphatic heterocycles. The summed E-state index contributed by atoms with van der Waals surface area (Å²) >= 11 is 2.17. The lowest BCUT2D eigenvalue weighted by molar-refractivity contribution is 0.0924. The van der Waals surface area contributed by atoms with Crippen LogP contribution in [0.2, 0.25) is 0 Å². The van der Waals surface area contributed by atoms with Crippen LogP contribution in [0.5, 0.6) is 0 Å². The Labute approximate surface area is 105 Å². The Morgan fingerprint density at radius 3 is 3.06 bits per heavy atom. The summed E-state index contributed by atoms with van der Waals surface area (Å²) in [5, 5.41) is 4.11. The Bertz CT molecular complexity index is 505. The van der Waals surface area contributed by atoms with E-state index in [1.165, 1.54) is 0 Å². The molecule has 6 nitrogen and oxygen atoms in total. The zero-order chi connectivity index (χ0) is 11.5. The molecule has 0 spiro atoms. The number of nitrogens with one attached hydrogen (secondary N) is 1. The fourth-order valence-corrected chi connectivity index (χ4v) is 1.69. The first-order chi connectivity index (χ1) is 7.69. The maximum absolute atomic E-state index is 11.1. The molecule has 0 aliphatic carbocycles. The van der Waals surface area contributed by atoms with Gasteiger partial charge < -0.3 is 4.42 Å². The third kappa shape index (κ3) is 2.42. The summed E-state index contributed by atoms with van der Waals surface area (Å²) in [7, 11) is 0. The van der Waals surface area contributed by atoms with Crippen LogP contribution in [0.15, 0.2) is 28.9 Å². The molecule has 0 atom stereocenters. The normalized spacial score (nSPS) is 10.4. The standard InChI is InChI=1S/C9H9IN4O2/c10-6-3-12-14(4-6)5-7-1-2-8(16-7)9(15)13-11/h1-4H,5,11H2,(H,13,15). The minimum atomic E-state index is -0.443. The minimum absolute atomic E-state index is 0.194. The van der Waals surface area contributed by atoms with E-state index in [4.69, 9.17) is 10.3 Å². The Morgan fingerprint density at radius 2 is 2.44 bits per heavy atom. The topological polar surface area (TPSA) is 86.1 Å². The summed E-state index contributed by atoms with van der Waals surface area (Å²) in [5.74, 6) is 5.39. The van der Waals surface area contributed by atoms with Crippen LogP contribution in [0.25, 0.3) is 0 Å². The zero-order valence-corrected chi connectivity index (χ0v) is 10.3. The second kappa shape index (κ2) is 4.66. The van der Waals surface area contributed by atoms with Gasteiger partial charge in [-0.25, -0.2) is 5.84 Å². The molecule has 1 amide bonds. The number of rotatable bonds is 3. The highest BCUT2D eigenvalue weighted by Gasteiger charge is 2.09. The van der Waals surface area contributed by atoms with Gasteiger partial charge in [0.1, 0.15) is 5.76 Å². The van der Waals surface area contributed by atoms with Crippen molar-refractivity contribution in [2.45, 2.75) is 6.54 Å². The van der Waals surface area contributed by atoms with Gasteiger partial charge in [-0.1, -0.05) is 0 Å². The van der Waals surface area contributed by atoms with E-state index in [1.807, 2.05) is 11.6 Å². The number of furan rings is 1. The molecule has 0 aromatic carbocycles. The van der Waals surface area contributed by atoms with Gasteiger partial charge in [0.15, 0.2) is 5.76 Å². The Kier molecular flexibility index (Phi) is 3.25. The highest BCUT2D eigenvalue weighted by Crippen LogP contribution is 2.10. The van der Waals surface area contributed by atoms with Crippen molar-refractivity contribution in [3.05, 3.63) is 39.6 Å². The maximum Gasteiger partial charge on any atom is 0.300 e. The summed E-state index contributed by atoms with van der Waals surface area (Å²) in [4.78, 5) is 11.1. The largest absolute Gasteiger partial charge is 0.454 e. The number of nitrogen functional groups attached to an aromatic ring is 1. The number of amides is 1. The third-order valence-electron chi connectivity index (χ3n) is 1.94. The first kappa shape index (κ1) is 11.1. The van der Waals surface area contributed by atoms with Crippen LogP contribution in [0.4, 0.5) is 0 Å². The SMILES string of the molecule is NNC(=O)c1ccc(Cn2cc(I)cn2)o1. The number of nitrogens with zero attached hydrogens (tertiary/aromatic N) is 2. The number of hydrazine groups is 1. The zero-order valence-electron chi connectivity index (χ0n) is 8.18. The molecular formula is C9H9IN4O2. The fourth-order valence-electron chi connectivity index (χ4n) is 1.24. The molecule has 0 fully saturated rings. The molecule has 0 aliphatic rings. The number of halogens is 1. The van der Waals surface area contributed by atoms with Gasteiger partial charge >= 0.3 is 5.91 Å². The molecule has 2 rings (SSSR count). The van der Waals surface area contributed by atoms with Gasteiger partial charge in [0.25, 0.3) is 0 Å². The molecule has 84 valence electrons. The molecule has 16 heavy (non-hydrogen) atoms. The highest BCUT2D eigenvalue weighted by atomic mass is 127. The van der Waals surface area contributed by atoms with E-state index in [1.54, 1.807) is 23.0 Å². The molecule has 7 heteroatoms. The van der Waals surface area contributed by atoms with Crippen LogP contribution in [0.1, 0.15) is 16.3 Å². The molecule has 3 N–H and O–H groups in total. The van der Waals surface area contributed by atoms with E-state index in [0.717, 1.165) is 3.57 Å². The van der Waals surface area contributed by atoms with Crippen LogP contribution >= 0.6 is 22.6 Å². The van der Waals surface area contributed by atoms with Gasteiger partial charge in [0.05, 0.1) is 16.3 Å². The van der Waals surface area contributed by atoms with Gasteiger partial charge in [0.2, 0.25) is 0 Å². The molecule has 2 heterocycles. The van der Waals surface area contributed by atoms with E-state index in [0.29, 0.717) is 12.3 Å². The number of aromatic nitrogens is 2. The van der Waals surface area contributed by atoms with Gasteiger partial charge in [0, 0.05) is 6.20 Å². The molecule has 0 saturated carbocycles. The summed E-state index contributed by atoms with van der Waals surface area (Å²) in [6, 6.07) is 3.30. The van der Waals surface area contributed by atoms with Crippen molar-refractivity contribution in [2.75, 3.05) is 0 Å². The second-order valence-electron chi connectivity index (χ2n) is 3.10. The number of nitrogens with two attached hydrogens (primary N) is 1. The van der Waals surface area contributed by atoms with Crippen molar-refractivity contribution in [3.63, 3.8) is 0 Å². The van der Waals surface area contributed by atoms with E-state index >= 15 is 0 Å². The van der Waals surface area contributed by atoms with Crippen LogP contribution in [-0.4, -0.2) is 15.7 Å². The summed E-state index contributed by atoms with van der Waals surface area (Å²) in [5.41, 5.74) is 2.01. The minimum Gasteiger partial charge on any atom is -0.454 e. The van der Waals surface area contributed by atoms with E-state index in [2.05, 4.69) is 27.7 Å². The molecule has 0 bridgehead atoms. The molecule has 0 unspecified atom stereocenters. The molecular weight excluding hydrogens is 323 g/mol. The molecule has 0 saturated heterocycles. The van der Waals surface area contributed by atoms with Crippen molar-refractivity contribution >= 4 is 28.5 Å². The Morgan fingerprint density at radius 1 is 1.62 bits per heavy atom. The van der Waals surface area contributed by atoms with Crippen molar-refractivity contribution in [1.82, 2.24) is 15.2 Å². The average molecular weight is 332 g/mol. The summed E-state index contributed by atoms with van der Waals surface area (Å²) < 4.78 is 8.07. The van der Waals surface area contributed by atoms with Gasteiger partial charge in [-0.3, -0.25) is 14.9 Å². The number of hydrogen-bond acceptors (Lipinski definition) is 4. The first-order valence-electron chi connectivity index (χ1n) is 4.46. The average Bonchev–Trinajstić information content (AvgIpc) is 2.87. The van der Waals surface area contributed by atoms with Crippen LogP contribution in [-0.2, 0) is 6.54 Å². The second-order valence-corrected chi connectivity index (χ2v) is 4.34. The van der Waals surface area contributed by atoms with Gasteiger partial charge in [-0.05, 0) is 34.7 Å². The molecule has 2 aromatic heterocycles. The fraction of sp³-hybridized carbons (Fsp3) is 0.111. The number of carbonyl (C=O) groups is 1. The van der Waals surface area contributed by atoms with E-state index in [9.17, 15) is 4.79 Å². The lowest BCUT2D eigenvalue weighted by Gasteiger charge is -1.97. The molecule has 2 aromatic rings. The smallest absolute Gasteiger partial charge is 0.300 e. The predicted molar refractivity (Wildman–Crippen MR) is 64.4 cm³/mol. The van der Waals surface area contributed by atoms with Crippen molar-refractivity contribution in [1.29, 1.82) is 0 Å². The van der Waals surface area contributed by atoms with E-state index in [-0.39, 0.29) is 5.76 Å². The van der Waals surface area contributed by atoms with Crippen molar-refractivity contribution < 1.29 is 9.21 Å². The quantitative estimate of drug-likeness (QED) is 0.376. The van der Waals surface area contributed by atoms with Gasteiger partial charge in [-0.15, -0.1) is 0 Å². The van der Waals surface area contributed by atoms with Crippen molar-refractivity contribution in [2.24, 2.45) is 5.84 Å². The predicted octanol–water partition coefficient (Wildman–Crippen LogP) is 0.732. The van der Waals surface area contributed by atoms with Crippen LogP contribution < -0.4 is 11.3 Å². The number of carbonyl (C=O) groups excluding carboxylic acids is 1. The molecule has 0 radical (unpaired) electrons. The highest BCUT2D eigenvalue weighted by molar-refractivity contribution is 14.1. The first-order valence-corrected chi connectivity index (χ1v) is 5.54. The lowest BCUT2D eigenvalue weighted by Crippen LogP contribution is -2.29. The van der Waals surface area contributed by atoms with Crippen LogP contribution in [0.3, 0.4) is 0 Å². The Hall–Kier alpha value is -1.35. The maximum atomic E-state index is 11.1. The number of hydrogen-bond donors (Lipinski definition) is 2. The van der Waals surface area contributed by atoms with E-state index < -0.39 is 5.91 Å². The van der Waals surface area contributed by atoms with Crippen molar-refractivity contribution in [3.8, 4) is 0 Å². The lowest BCUT2D eigenvalue weighted by atomic mass is 10.4. The summed E-state index contributed by atoms with van der Waals surface area (Å²) in [6.07, 6.45) is 3.63. The summed E-state index contributed by atoms with van der Waals surface area (Å²) in [6.45, 7) is 0.487.